The summed E-state index contributed by atoms with van der Waals surface area (Å²) in [4.78, 5) is 1.41. The second-order valence-corrected chi connectivity index (χ2v) is 8.28. The van der Waals surface area contributed by atoms with Gasteiger partial charge < -0.3 is 10.6 Å². The van der Waals surface area contributed by atoms with Crippen molar-refractivity contribution in [2.45, 2.75) is 21.9 Å². The molecule has 0 radical (unpaired) electrons. The van der Waals surface area contributed by atoms with Crippen LogP contribution in [0.3, 0.4) is 0 Å². The molecule has 2 unspecified atom stereocenters. The highest BCUT2D eigenvalue weighted by molar-refractivity contribution is 7.80. The van der Waals surface area contributed by atoms with E-state index < -0.39 is 12.1 Å². The van der Waals surface area contributed by atoms with Crippen LogP contribution in [0, 0.1) is 11.6 Å². The number of hydrogen-bond donors (Lipinski definition) is 4. The van der Waals surface area contributed by atoms with Gasteiger partial charge in [0.15, 0.2) is 0 Å². The van der Waals surface area contributed by atoms with Crippen molar-refractivity contribution in [1.82, 2.24) is 0 Å². The van der Waals surface area contributed by atoms with Crippen LogP contribution >= 0.6 is 25.3 Å². The average molecular weight is 465 g/mol. The SMILES string of the molecule is Fc1ccccc1C(Nc1ccccc1S)C(Nc1ccccc1S)c1ccccc1F. The highest BCUT2D eigenvalue weighted by Gasteiger charge is 2.30. The number of thiol groups is 2. The first-order chi connectivity index (χ1) is 15.5. The topological polar surface area (TPSA) is 24.1 Å². The molecule has 2 N–H and O–H groups in total. The van der Waals surface area contributed by atoms with Gasteiger partial charge in [0.05, 0.1) is 12.1 Å². The summed E-state index contributed by atoms with van der Waals surface area (Å²) in [6, 6.07) is 26.6. The maximum atomic E-state index is 15.0. The van der Waals surface area contributed by atoms with E-state index in [0.717, 1.165) is 0 Å². The summed E-state index contributed by atoms with van der Waals surface area (Å²) in [7, 11) is 0. The van der Waals surface area contributed by atoms with Gasteiger partial charge in [-0.3, -0.25) is 0 Å². The van der Waals surface area contributed by atoms with Crippen molar-refractivity contribution in [3.63, 3.8) is 0 Å². The molecule has 0 aliphatic heterocycles. The number of hydrogen-bond acceptors (Lipinski definition) is 4. The monoisotopic (exact) mass is 464 g/mol. The van der Waals surface area contributed by atoms with Gasteiger partial charge in [0.25, 0.3) is 0 Å². The molecular weight excluding hydrogens is 442 g/mol. The Balaban J connectivity index is 1.87. The van der Waals surface area contributed by atoms with E-state index in [1.807, 2.05) is 48.5 Å². The molecule has 2 atom stereocenters. The van der Waals surface area contributed by atoms with Crippen LogP contribution in [0.4, 0.5) is 20.2 Å². The van der Waals surface area contributed by atoms with E-state index in [9.17, 15) is 0 Å². The fourth-order valence-electron chi connectivity index (χ4n) is 3.66. The molecule has 32 heavy (non-hydrogen) atoms. The molecule has 0 aliphatic rings. The molecule has 0 aromatic heterocycles. The van der Waals surface area contributed by atoms with Crippen LogP contribution in [0.1, 0.15) is 23.2 Å². The molecule has 6 heteroatoms. The van der Waals surface area contributed by atoms with Gasteiger partial charge in [0, 0.05) is 32.3 Å². The van der Waals surface area contributed by atoms with Crippen LogP contribution in [0.5, 0.6) is 0 Å². The lowest BCUT2D eigenvalue weighted by Gasteiger charge is -2.32. The van der Waals surface area contributed by atoms with Gasteiger partial charge in [-0.15, -0.1) is 25.3 Å². The van der Waals surface area contributed by atoms with Crippen molar-refractivity contribution < 1.29 is 8.78 Å². The summed E-state index contributed by atoms with van der Waals surface area (Å²) in [5.41, 5.74) is 2.24. The lowest BCUT2D eigenvalue weighted by molar-refractivity contribution is 0.538. The molecule has 0 amide bonds. The molecule has 162 valence electrons. The molecule has 0 heterocycles. The van der Waals surface area contributed by atoms with Crippen molar-refractivity contribution in [2.75, 3.05) is 10.6 Å². The van der Waals surface area contributed by atoms with Crippen molar-refractivity contribution >= 4 is 36.6 Å². The number of anilines is 2. The minimum Gasteiger partial charge on any atom is -0.375 e. The molecule has 2 nitrogen and oxygen atoms in total. The number of halogens is 2. The number of nitrogens with one attached hydrogen (secondary N) is 2. The Morgan fingerprint density at radius 1 is 0.500 bits per heavy atom. The molecule has 4 aromatic rings. The van der Waals surface area contributed by atoms with Gasteiger partial charge in [0.1, 0.15) is 11.6 Å². The number of para-hydroxylation sites is 2. The highest BCUT2D eigenvalue weighted by Crippen LogP contribution is 2.39. The molecule has 0 spiro atoms. The normalized spacial score (nSPS) is 12.8. The molecule has 0 aliphatic carbocycles. The summed E-state index contributed by atoms with van der Waals surface area (Å²) >= 11 is 9.08. The van der Waals surface area contributed by atoms with E-state index in [1.54, 1.807) is 36.4 Å². The molecule has 0 saturated heterocycles. The van der Waals surface area contributed by atoms with Crippen LogP contribution in [0.2, 0.25) is 0 Å². The van der Waals surface area contributed by atoms with Crippen LogP contribution in [0.25, 0.3) is 0 Å². The average Bonchev–Trinajstić information content (AvgIpc) is 2.80. The Bertz CT molecular complexity index is 1120. The zero-order valence-corrected chi connectivity index (χ0v) is 18.8. The summed E-state index contributed by atoms with van der Waals surface area (Å²) in [5, 5.41) is 6.80. The Kier molecular flexibility index (Phi) is 7.02. The number of benzene rings is 4. The van der Waals surface area contributed by atoms with Crippen LogP contribution < -0.4 is 10.6 Å². The standard InChI is InChI=1S/C26H22F2N2S2/c27-19-11-3-1-9-17(19)25(29-21-13-5-7-15-23(21)31)26(18-10-2-4-12-20(18)28)30-22-14-6-8-16-24(22)32/h1-16,25-26,29-32H. The van der Waals surface area contributed by atoms with Crippen molar-refractivity contribution in [3.8, 4) is 0 Å². The van der Waals surface area contributed by atoms with Gasteiger partial charge >= 0.3 is 0 Å². The maximum Gasteiger partial charge on any atom is 0.128 e. The minimum absolute atomic E-state index is 0.385. The van der Waals surface area contributed by atoms with E-state index >= 15 is 8.78 Å². The first kappa shape index (κ1) is 22.2. The Hall–Kier alpha value is -2.96. The third-order valence-corrected chi connectivity index (χ3v) is 6.02. The first-order valence-corrected chi connectivity index (χ1v) is 11.0. The second-order valence-electron chi connectivity index (χ2n) is 7.32. The highest BCUT2D eigenvalue weighted by atomic mass is 32.1. The van der Waals surface area contributed by atoms with Crippen molar-refractivity contribution in [1.29, 1.82) is 0 Å². The van der Waals surface area contributed by atoms with E-state index in [4.69, 9.17) is 0 Å². The minimum atomic E-state index is -0.658. The second kappa shape index (κ2) is 10.1. The fourth-order valence-corrected chi connectivity index (χ4v) is 4.11. The van der Waals surface area contributed by atoms with Gasteiger partial charge in [-0.05, 0) is 36.4 Å². The van der Waals surface area contributed by atoms with Crippen molar-refractivity contribution in [2.24, 2.45) is 0 Å². The third-order valence-electron chi connectivity index (χ3n) is 5.24. The fraction of sp³-hybridized carbons (Fsp3) is 0.0769. The van der Waals surface area contributed by atoms with E-state index in [-0.39, 0.29) is 11.6 Å². The zero-order chi connectivity index (χ0) is 22.5. The Labute approximate surface area is 197 Å². The van der Waals surface area contributed by atoms with Gasteiger partial charge in [-0.2, -0.15) is 0 Å². The van der Waals surface area contributed by atoms with E-state index in [1.165, 1.54) is 12.1 Å². The smallest absolute Gasteiger partial charge is 0.128 e. The summed E-state index contributed by atoms with van der Waals surface area (Å²) in [6.45, 7) is 0. The molecular formula is C26H22F2N2S2. The Morgan fingerprint density at radius 2 is 0.844 bits per heavy atom. The first-order valence-electron chi connectivity index (χ1n) is 10.1. The molecule has 0 fully saturated rings. The number of rotatable bonds is 7. The van der Waals surface area contributed by atoms with Crippen molar-refractivity contribution in [3.05, 3.63) is 120 Å². The van der Waals surface area contributed by atoms with E-state index in [2.05, 4.69) is 35.9 Å². The summed E-state index contributed by atoms with van der Waals surface area (Å²) in [5.74, 6) is -0.770. The Morgan fingerprint density at radius 3 is 1.22 bits per heavy atom. The van der Waals surface area contributed by atoms with Crippen LogP contribution in [-0.4, -0.2) is 0 Å². The molecule has 4 aromatic carbocycles. The summed E-state index contributed by atoms with van der Waals surface area (Å²) in [6.07, 6.45) is 0. The van der Waals surface area contributed by atoms with Gasteiger partial charge in [-0.1, -0.05) is 60.7 Å². The molecule has 0 bridgehead atoms. The zero-order valence-electron chi connectivity index (χ0n) is 17.0. The third kappa shape index (κ3) is 4.92. The predicted molar refractivity (Wildman–Crippen MR) is 133 cm³/mol. The lowest BCUT2D eigenvalue weighted by atomic mass is 9.91. The largest absolute Gasteiger partial charge is 0.375 e. The molecule has 0 saturated carbocycles. The maximum absolute atomic E-state index is 15.0. The lowest BCUT2D eigenvalue weighted by Crippen LogP contribution is -2.27. The van der Waals surface area contributed by atoms with Crippen LogP contribution in [0.15, 0.2) is 107 Å². The molecule has 4 rings (SSSR count). The van der Waals surface area contributed by atoms with Crippen LogP contribution in [-0.2, 0) is 0 Å². The summed E-state index contributed by atoms with van der Waals surface area (Å²) < 4.78 is 30.1. The van der Waals surface area contributed by atoms with Gasteiger partial charge in [-0.25, -0.2) is 8.78 Å². The van der Waals surface area contributed by atoms with E-state index in [0.29, 0.717) is 32.3 Å². The quantitative estimate of drug-likeness (QED) is 0.212. The van der Waals surface area contributed by atoms with Gasteiger partial charge in [0.2, 0.25) is 0 Å². The predicted octanol–water partition coefficient (Wildman–Crippen LogP) is 7.55.